The number of pyridine rings is 1. The van der Waals surface area contributed by atoms with E-state index in [-0.39, 0.29) is 18.0 Å². The molecule has 4 rings (SSSR count). The molecule has 3 heterocycles. The van der Waals surface area contributed by atoms with Gasteiger partial charge in [0.2, 0.25) is 5.91 Å². The fourth-order valence-electron chi connectivity index (χ4n) is 2.71. The number of carbonyl (C=O) groups excluding carboxylic acids is 1. The lowest BCUT2D eigenvalue weighted by Crippen LogP contribution is -2.28. The Morgan fingerprint density at radius 3 is 2.88 bits per heavy atom. The van der Waals surface area contributed by atoms with Gasteiger partial charge >= 0.3 is 0 Å². The van der Waals surface area contributed by atoms with Crippen LogP contribution in [0, 0.1) is 0 Å². The maximum atomic E-state index is 12.4. The summed E-state index contributed by atoms with van der Waals surface area (Å²) in [6.45, 7) is 1.02. The average molecular weight is 352 g/mol. The lowest BCUT2D eigenvalue weighted by molar-refractivity contribution is -0.116. The second kappa shape index (κ2) is 6.83. The van der Waals surface area contributed by atoms with Crippen molar-refractivity contribution in [2.45, 2.75) is 13.0 Å². The smallest absolute Gasteiger partial charge is 0.263 e. The number of hydrogen-bond acceptors (Lipinski definition) is 6. The highest BCUT2D eigenvalue weighted by atomic mass is 16.5. The minimum absolute atomic E-state index is 0.148. The SMILES string of the molecule is O=C(Cn1cnc2ncccc2c1=O)Nc1ccc2c(c1)OCCCO2. The van der Waals surface area contributed by atoms with Gasteiger partial charge in [-0.05, 0) is 24.3 Å². The van der Waals surface area contributed by atoms with Crippen molar-refractivity contribution in [1.29, 1.82) is 0 Å². The standard InChI is InChI=1S/C18H16N4O4/c23-16(10-22-11-20-17-13(18(22)24)3-1-6-19-17)21-12-4-5-14-15(9-12)26-8-2-7-25-14/h1,3-6,9,11H,2,7-8,10H2,(H,21,23). The van der Waals surface area contributed by atoms with Crippen molar-refractivity contribution in [2.75, 3.05) is 18.5 Å². The topological polar surface area (TPSA) is 95.3 Å². The molecule has 0 spiro atoms. The number of carbonyl (C=O) groups is 1. The number of anilines is 1. The summed E-state index contributed by atoms with van der Waals surface area (Å²) in [7, 11) is 0. The molecule has 1 amide bonds. The summed E-state index contributed by atoms with van der Waals surface area (Å²) >= 11 is 0. The fraction of sp³-hybridized carbons (Fsp3) is 0.222. The third-order valence-electron chi connectivity index (χ3n) is 3.94. The van der Waals surface area contributed by atoms with Crippen molar-refractivity contribution in [2.24, 2.45) is 0 Å². The molecule has 1 N–H and O–H groups in total. The lowest BCUT2D eigenvalue weighted by atomic mass is 10.2. The van der Waals surface area contributed by atoms with Crippen molar-refractivity contribution in [3.05, 3.63) is 53.2 Å². The molecule has 0 bridgehead atoms. The Labute approximate surface area is 148 Å². The second-order valence-corrected chi connectivity index (χ2v) is 5.81. The molecule has 1 aromatic carbocycles. The number of benzene rings is 1. The average Bonchev–Trinajstić information content (AvgIpc) is 2.89. The van der Waals surface area contributed by atoms with Crippen molar-refractivity contribution in [3.63, 3.8) is 0 Å². The van der Waals surface area contributed by atoms with E-state index in [2.05, 4.69) is 15.3 Å². The number of nitrogens with zero attached hydrogens (tertiary/aromatic N) is 3. The summed E-state index contributed by atoms with van der Waals surface area (Å²) in [5, 5.41) is 3.13. The van der Waals surface area contributed by atoms with Crippen LogP contribution in [0.3, 0.4) is 0 Å². The van der Waals surface area contributed by atoms with Gasteiger partial charge in [0.1, 0.15) is 12.9 Å². The quantitative estimate of drug-likeness (QED) is 0.769. The van der Waals surface area contributed by atoms with Crippen LogP contribution in [-0.4, -0.2) is 33.7 Å². The maximum absolute atomic E-state index is 12.4. The molecule has 8 heteroatoms. The molecule has 0 atom stereocenters. The van der Waals surface area contributed by atoms with Crippen molar-refractivity contribution in [1.82, 2.24) is 14.5 Å². The zero-order valence-corrected chi connectivity index (χ0v) is 13.8. The van der Waals surface area contributed by atoms with Gasteiger partial charge in [0.15, 0.2) is 17.1 Å². The largest absolute Gasteiger partial charge is 0.490 e. The van der Waals surface area contributed by atoms with E-state index in [0.717, 1.165) is 6.42 Å². The number of aromatic nitrogens is 3. The normalized spacial score (nSPS) is 13.2. The van der Waals surface area contributed by atoms with Gasteiger partial charge in [-0.1, -0.05) is 0 Å². The summed E-state index contributed by atoms with van der Waals surface area (Å²) in [6, 6.07) is 8.50. The Morgan fingerprint density at radius 2 is 2.00 bits per heavy atom. The number of fused-ring (bicyclic) bond motifs is 2. The molecule has 0 unspecified atom stereocenters. The molecule has 132 valence electrons. The zero-order valence-electron chi connectivity index (χ0n) is 13.8. The fourth-order valence-corrected chi connectivity index (χ4v) is 2.71. The van der Waals surface area contributed by atoms with E-state index >= 15 is 0 Å². The van der Waals surface area contributed by atoms with Crippen LogP contribution in [0.1, 0.15) is 6.42 Å². The first-order valence-corrected chi connectivity index (χ1v) is 8.20. The van der Waals surface area contributed by atoms with Crippen LogP contribution >= 0.6 is 0 Å². The number of amides is 1. The van der Waals surface area contributed by atoms with E-state index in [4.69, 9.17) is 9.47 Å². The number of nitrogens with one attached hydrogen (secondary N) is 1. The van der Waals surface area contributed by atoms with Gasteiger partial charge in [-0.3, -0.25) is 14.2 Å². The molecule has 8 nitrogen and oxygen atoms in total. The Bertz CT molecular complexity index is 1030. The monoisotopic (exact) mass is 352 g/mol. The van der Waals surface area contributed by atoms with Gasteiger partial charge < -0.3 is 14.8 Å². The first-order valence-electron chi connectivity index (χ1n) is 8.20. The van der Waals surface area contributed by atoms with Crippen LogP contribution in [0.2, 0.25) is 0 Å². The molecule has 26 heavy (non-hydrogen) atoms. The van der Waals surface area contributed by atoms with Gasteiger partial charge in [0.25, 0.3) is 5.56 Å². The van der Waals surface area contributed by atoms with Gasteiger partial charge in [-0.25, -0.2) is 9.97 Å². The van der Waals surface area contributed by atoms with E-state index in [9.17, 15) is 9.59 Å². The van der Waals surface area contributed by atoms with Crippen LogP contribution in [0.5, 0.6) is 11.5 Å². The van der Waals surface area contributed by atoms with Crippen LogP contribution < -0.4 is 20.3 Å². The van der Waals surface area contributed by atoms with Crippen LogP contribution in [-0.2, 0) is 11.3 Å². The van der Waals surface area contributed by atoms with Crippen molar-refractivity contribution in [3.8, 4) is 11.5 Å². The highest BCUT2D eigenvalue weighted by Gasteiger charge is 2.13. The third kappa shape index (κ3) is 3.21. The predicted octanol–water partition coefficient (Wildman–Crippen LogP) is 1.59. The van der Waals surface area contributed by atoms with Crippen LogP contribution in [0.25, 0.3) is 11.0 Å². The molecule has 1 aliphatic rings. The van der Waals surface area contributed by atoms with Gasteiger partial charge in [0, 0.05) is 24.4 Å². The van der Waals surface area contributed by atoms with Crippen molar-refractivity contribution < 1.29 is 14.3 Å². The maximum Gasteiger partial charge on any atom is 0.263 e. The molecule has 1 aliphatic heterocycles. The highest BCUT2D eigenvalue weighted by Crippen LogP contribution is 2.32. The minimum atomic E-state index is -0.341. The molecule has 0 saturated carbocycles. The van der Waals surface area contributed by atoms with Crippen LogP contribution in [0.15, 0.2) is 47.7 Å². The highest BCUT2D eigenvalue weighted by molar-refractivity contribution is 5.91. The first kappa shape index (κ1) is 16.1. The number of ether oxygens (including phenoxy) is 2. The number of rotatable bonds is 3. The zero-order chi connectivity index (χ0) is 17.9. The van der Waals surface area contributed by atoms with E-state index < -0.39 is 0 Å². The van der Waals surface area contributed by atoms with E-state index in [1.807, 2.05) is 0 Å². The van der Waals surface area contributed by atoms with Crippen molar-refractivity contribution >= 4 is 22.6 Å². The summed E-state index contributed by atoms with van der Waals surface area (Å²) < 4.78 is 12.4. The summed E-state index contributed by atoms with van der Waals surface area (Å²) in [5.74, 6) is 0.908. The predicted molar refractivity (Wildman–Crippen MR) is 94.5 cm³/mol. The van der Waals surface area contributed by atoms with Gasteiger partial charge in [-0.15, -0.1) is 0 Å². The van der Waals surface area contributed by atoms with E-state index in [1.54, 1.807) is 36.5 Å². The van der Waals surface area contributed by atoms with Gasteiger partial charge in [-0.2, -0.15) is 0 Å². The Balaban J connectivity index is 1.52. The molecule has 3 aromatic rings. The second-order valence-electron chi connectivity index (χ2n) is 5.81. The molecule has 2 aromatic heterocycles. The summed E-state index contributed by atoms with van der Waals surface area (Å²) in [6.07, 6.45) is 3.70. The van der Waals surface area contributed by atoms with Gasteiger partial charge in [0.05, 0.1) is 18.6 Å². The Morgan fingerprint density at radius 1 is 1.15 bits per heavy atom. The molecular formula is C18H16N4O4. The summed E-state index contributed by atoms with van der Waals surface area (Å²) in [5.41, 5.74) is 0.622. The lowest BCUT2D eigenvalue weighted by Gasteiger charge is -2.11. The molecule has 0 saturated heterocycles. The van der Waals surface area contributed by atoms with Crippen LogP contribution in [0.4, 0.5) is 5.69 Å². The Kier molecular flexibility index (Phi) is 4.22. The molecule has 0 fully saturated rings. The third-order valence-corrected chi connectivity index (χ3v) is 3.94. The Hall–Kier alpha value is -3.42. The molecule has 0 radical (unpaired) electrons. The molecule has 0 aliphatic carbocycles. The first-order chi connectivity index (χ1) is 12.7. The molecular weight excluding hydrogens is 336 g/mol. The summed E-state index contributed by atoms with van der Waals surface area (Å²) in [4.78, 5) is 32.9. The minimum Gasteiger partial charge on any atom is -0.490 e. The number of hydrogen-bond donors (Lipinski definition) is 1. The van der Waals surface area contributed by atoms with E-state index in [1.165, 1.54) is 10.9 Å². The van der Waals surface area contributed by atoms with E-state index in [0.29, 0.717) is 41.4 Å².